The van der Waals surface area contributed by atoms with Crippen molar-refractivity contribution in [3.63, 3.8) is 0 Å². The van der Waals surface area contributed by atoms with Crippen molar-refractivity contribution in [2.75, 3.05) is 13.1 Å². The number of piperidine rings is 1. The number of pyridine rings is 2. The predicted molar refractivity (Wildman–Crippen MR) is 121 cm³/mol. The molecule has 1 aliphatic rings. The first-order chi connectivity index (χ1) is 14.9. The van der Waals surface area contributed by atoms with Crippen LogP contribution >= 0.6 is 0 Å². The number of nitrogens with zero attached hydrogens (tertiary/aromatic N) is 4. The van der Waals surface area contributed by atoms with Crippen LogP contribution in [0.1, 0.15) is 56.8 Å². The largest absolute Gasteiger partial charge is 0.338 e. The lowest BCUT2D eigenvalue weighted by atomic mass is 9.91. The minimum atomic E-state index is -0.209. The van der Waals surface area contributed by atoms with Crippen molar-refractivity contribution in [3.05, 3.63) is 51.9 Å². The topological polar surface area (TPSA) is 83.5 Å². The summed E-state index contributed by atoms with van der Waals surface area (Å²) in [7, 11) is 0. The summed E-state index contributed by atoms with van der Waals surface area (Å²) in [6, 6.07) is 7.01. The highest BCUT2D eigenvalue weighted by Gasteiger charge is 2.28. The number of carbonyl (C=O) groups excluding carboxylic acids is 1. The molecule has 3 aromatic rings. The van der Waals surface area contributed by atoms with Gasteiger partial charge in [-0.3, -0.25) is 19.4 Å². The monoisotopic (exact) mass is 421 g/mol. The average Bonchev–Trinajstić information content (AvgIpc) is 2.74. The van der Waals surface area contributed by atoms with Crippen molar-refractivity contribution < 1.29 is 4.79 Å². The number of aromatic nitrogens is 3. The van der Waals surface area contributed by atoms with Crippen LogP contribution < -0.4 is 11.0 Å². The Morgan fingerprint density at radius 1 is 1.19 bits per heavy atom. The third-order valence-corrected chi connectivity index (χ3v) is 6.19. The fraction of sp³-hybridized carbons (Fsp3) is 0.500. The Morgan fingerprint density at radius 2 is 1.94 bits per heavy atom. The van der Waals surface area contributed by atoms with E-state index >= 15 is 0 Å². The zero-order valence-electron chi connectivity index (χ0n) is 18.6. The number of carbonyl (C=O) groups is 1. The maximum atomic E-state index is 13.5. The standard InChI is InChI=1S/C24H31N5O2/c1-4-5-7-11-29-21(25)18(23(30)27-14-16(2)12-17(3)15-27)13-19-22(29)26-20-9-6-8-10-28(20)24(19)31/h6,8-10,13,16-17,25H,4-5,7,11-12,14-15H2,1-3H3. The van der Waals surface area contributed by atoms with Gasteiger partial charge in [0.2, 0.25) is 0 Å². The molecule has 31 heavy (non-hydrogen) atoms. The normalized spacial score (nSPS) is 19.3. The maximum absolute atomic E-state index is 13.5. The second-order valence-electron chi connectivity index (χ2n) is 9.00. The Hall–Kier alpha value is -2.96. The number of aryl methyl sites for hydroxylation is 1. The van der Waals surface area contributed by atoms with Crippen LogP contribution in [0.3, 0.4) is 0 Å². The third-order valence-electron chi connectivity index (χ3n) is 6.19. The quantitative estimate of drug-likeness (QED) is 0.506. The molecule has 1 aliphatic heterocycles. The minimum absolute atomic E-state index is 0.145. The Balaban J connectivity index is 1.91. The van der Waals surface area contributed by atoms with Gasteiger partial charge in [0, 0.05) is 25.8 Å². The molecule has 0 aliphatic carbocycles. The van der Waals surface area contributed by atoms with Gasteiger partial charge in [0.05, 0.1) is 10.9 Å². The van der Waals surface area contributed by atoms with Crippen LogP contribution in [-0.4, -0.2) is 37.8 Å². The number of hydrogen-bond acceptors (Lipinski definition) is 4. The summed E-state index contributed by atoms with van der Waals surface area (Å²) in [5.74, 6) is 0.692. The van der Waals surface area contributed by atoms with E-state index in [0.717, 1.165) is 25.7 Å². The van der Waals surface area contributed by atoms with E-state index in [1.54, 1.807) is 29.0 Å². The summed E-state index contributed by atoms with van der Waals surface area (Å²) in [5, 5.41) is 9.25. The third kappa shape index (κ3) is 4.01. The molecule has 1 fully saturated rings. The molecule has 0 saturated carbocycles. The average molecular weight is 422 g/mol. The van der Waals surface area contributed by atoms with Crippen molar-refractivity contribution in [3.8, 4) is 0 Å². The van der Waals surface area contributed by atoms with Crippen molar-refractivity contribution in [1.82, 2.24) is 18.9 Å². The van der Waals surface area contributed by atoms with E-state index in [2.05, 4.69) is 20.8 Å². The smallest absolute Gasteiger partial charge is 0.267 e. The molecule has 2 unspecified atom stereocenters. The molecule has 3 aromatic heterocycles. The summed E-state index contributed by atoms with van der Waals surface area (Å²) < 4.78 is 3.26. The fourth-order valence-electron chi connectivity index (χ4n) is 4.79. The van der Waals surface area contributed by atoms with Crippen molar-refractivity contribution in [2.24, 2.45) is 11.8 Å². The van der Waals surface area contributed by atoms with Crippen LogP contribution in [0.2, 0.25) is 0 Å². The van der Waals surface area contributed by atoms with Crippen LogP contribution in [0, 0.1) is 17.2 Å². The van der Waals surface area contributed by atoms with Crippen molar-refractivity contribution in [2.45, 2.75) is 53.0 Å². The second-order valence-corrected chi connectivity index (χ2v) is 9.00. The van der Waals surface area contributed by atoms with Crippen LogP contribution in [-0.2, 0) is 6.54 Å². The highest BCUT2D eigenvalue weighted by atomic mass is 16.2. The van der Waals surface area contributed by atoms with Crippen LogP contribution in [0.25, 0.3) is 16.7 Å². The summed E-state index contributed by atoms with van der Waals surface area (Å²) >= 11 is 0. The number of rotatable bonds is 5. The molecule has 7 heteroatoms. The zero-order valence-corrected chi connectivity index (χ0v) is 18.6. The van der Waals surface area contributed by atoms with E-state index in [0.29, 0.717) is 53.7 Å². The van der Waals surface area contributed by atoms with Gasteiger partial charge in [0.15, 0.2) is 0 Å². The summed E-state index contributed by atoms with van der Waals surface area (Å²) in [6.45, 7) is 8.38. The van der Waals surface area contributed by atoms with Gasteiger partial charge in [-0.1, -0.05) is 39.7 Å². The van der Waals surface area contributed by atoms with E-state index < -0.39 is 0 Å². The van der Waals surface area contributed by atoms with E-state index in [-0.39, 0.29) is 17.0 Å². The molecule has 4 rings (SSSR count). The molecule has 0 spiro atoms. The molecule has 4 heterocycles. The number of hydrogen-bond donors (Lipinski definition) is 1. The molecule has 0 radical (unpaired) electrons. The summed E-state index contributed by atoms with van der Waals surface area (Å²) in [4.78, 5) is 33.3. The molecular weight excluding hydrogens is 390 g/mol. The molecule has 1 saturated heterocycles. The lowest BCUT2D eigenvalue weighted by Gasteiger charge is -2.35. The number of fused-ring (bicyclic) bond motifs is 2. The first kappa shape index (κ1) is 21.3. The van der Waals surface area contributed by atoms with Gasteiger partial charge in [-0.2, -0.15) is 0 Å². The van der Waals surface area contributed by atoms with E-state index in [4.69, 9.17) is 10.4 Å². The number of likely N-dealkylation sites (tertiary alicyclic amines) is 1. The number of nitrogens with one attached hydrogen (secondary N) is 1. The van der Waals surface area contributed by atoms with Gasteiger partial charge in [-0.15, -0.1) is 0 Å². The summed E-state index contributed by atoms with van der Waals surface area (Å²) in [6.07, 6.45) is 5.72. The molecule has 164 valence electrons. The van der Waals surface area contributed by atoms with Gasteiger partial charge in [0.25, 0.3) is 11.5 Å². The lowest BCUT2D eigenvalue weighted by Crippen LogP contribution is -2.45. The van der Waals surface area contributed by atoms with E-state index in [1.807, 2.05) is 11.0 Å². The minimum Gasteiger partial charge on any atom is -0.338 e. The zero-order chi connectivity index (χ0) is 22.1. The molecular formula is C24H31N5O2. The van der Waals surface area contributed by atoms with Crippen molar-refractivity contribution >= 4 is 22.6 Å². The predicted octanol–water partition coefficient (Wildman–Crippen LogP) is 3.44. The van der Waals surface area contributed by atoms with Gasteiger partial charge in [0.1, 0.15) is 16.8 Å². The van der Waals surface area contributed by atoms with Crippen LogP contribution in [0.4, 0.5) is 0 Å². The molecule has 0 bridgehead atoms. The molecule has 1 N–H and O–H groups in total. The number of amides is 1. The van der Waals surface area contributed by atoms with E-state index in [1.165, 1.54) is 4.40 Å². The van der Waals surface area contributed by atoms with Gasteiger partial charge in [-0.05, 0) is 42.9 Å². The Bertz CT molecular complexity index is 1230. The van der Waals surface area contributed by atoms with Gasteiger partial charge in [-0.25, -0.2) is 4.98 Å². The Labute approximate surface area is 181 Å². The molecule has 1 amide bonds. The van der Waals surface area contributed by atoms with Crippen LogP contribution in [0.5, 0.6) is 0 Å². The first-order valence-electron chi connectivity index (χ1n) is 11.3. The highest BCUT2D eigenvalue weighted by molar-refractivity contribution is 5.97. The SMILES string of the molecule is CCCCCn1c(=N)c(C(=O)N2CC(C)CC(C)C2)cc2c(=O)n3ccccc3nc21. The first-order valence-corrected chi connectivity index (χ1v) is 11.3. The van der Waals surface area contributed by atoms with E-state index in [9.17, 15) is 9.59 Å². The molecule has 7 nitrogen and oxygen atoms in total. The van der Waals surface area contributed by atoms with Gasteiger partial charge >= 0.3 is 0 Å². The summed E-state index contributed by atoms with van der Waals surface area (Å²) in [5.41, 5.74) is 1.25. The Morgan fingerprint density at radius 3 is 2.65 bits per heavy atom. The second kappa shape index (κ2) is 8.65. The fourth-order valence-corrected chi connectivity index (χ4v) is 4.79. The molecule has 2 atom stereocenters. The molecule has 0 aromatic carbocycles. The maximum Gasteiger partial charge on any atom is 0.267 e. The van der Waals surface area contributed by atoms with Crippen molar-refractivity contribution in [1.29, 1.82) is 5.41 Å². The van der Waals surface area contributed by atoms with Crippen LogP contribution in [0.15, 0.2) is 35.3 Å². The number of unbranched alkanes of at least 4 members (excludes halogenated alkanes) is 2. The Kier molecular flexibility index (Phi) is 5.94. The highest BCUT2D eigenvalue weighted by Crippen LogP contribution is 2.22. The van der Waals surface area contributed by atoms with Gasteiger partial charge < -0.3 is 9.47 Å². The lowest BCUT2D eigenvalue weighted by molar-refractivity contribution is 0.0620.